The highest BCUT2D eigenvalue weighted by Crippen LogP contribution is 2.60. The van der Waals surface area contributed by atoms with Crippen LogP contribution < -0.4 is 0 Å². The van der Waals surface area contributed by atoms with Gasteiger partial charge in [0.05, 0.1) is 6.61 Å². The normalized spacial score (nSPS) is 35.2. The number of hydrogen-bond acceptors (Lipinski definition) is 5. The van der Waals surface area contributed by atoms with Gasteiger partial charge in [-0.1, -0.05) is 0 Å². The van der Waals surface area contributed by atoms with E-state index in [-0.39, 0.29) is 12.0 Å². The van der Waals surface area contributed by atoms with Crippen LogP contribution in [0.4, 0.5) is 8.78 Å². The van der Waals surface area contributed by atoms with Gasteiger partial charge in [0, 0.05) is 5.41 Å². The number of esters is 1. The molecule has 9 heteroatoms. The monoisotopic (exact) mass is 368 g/mol. The molecular weight excluding hydrogens is 346 g/mol. The molecule has 0 aromatic rings. The van der Waals surface area contributed by atoms with Gasteiger partial charge in [-0.3, -0.25) is 4.55 Å². The van der Waals surface area contributed by atoms with Crippen molar-refractivity contribution < 1.29 is 36.0 Å². The highest BCUT2D eigenvalue weighted by molar-refractivity contribution is 7.86. The van der Waals surface area contributed by atoms with Gasteiger partial charge in [0.2, 0.25) is 0 Å². The third kappa shape index (κ3) is 3.72. The summed E-state index contributed by atoms with van der Waals surface area (Å²) >= 11 is 0. The van der Waals surface area contributed by atoms with Crippen LogP contribution in [0.5, 0.6) is 0 Å². The number of carbonyl (C=O) groups excluding carboxylic acids is 1. The fraction of sp³-hybridized carbons (Fsp3) is 0.933. The molecule has 0 saturated heterocycles. The fourth-order valence-electron chi connectivity index (χ4n) is 5.07. The molecule has 138 valence electrons. The molecule has 4 rings (SSSR count). The van der Waals surface area contributed by atoms with Crippen molar-refractivity contribution in [2.75, 3.05) is 19.8 Å². The lowest BCUT2D eigenvalue weighted by atomic mass is 9.50. The molecule has 4 saturated carbocycles. The Morgan fingerprint density at radius 3 is 2.08 bits per heavy atom. The molecule has 0 amide bonds. The van der Waals surface area contributed by atoms with Gasteiger partial charge in [0.15, 0.2) is 0 Å². The first-order valence-electron chi connectivity index (χ1n) is 8.17. The van der Waals surface area contributed by atoms with Gasteiger partial charge in [0.25, 0.3) is 0 Å². The van der Waals surface area contributed by atoms with Gasteiger partial charge in [-0.05, 0) is 56.3 Å². The Kier molecular flexibility index (Phi) is 4.63. The molecule has 0 aromatic carbocycles. The van der Waals surface area contributed by atoms with E-state index in [1.807, 2.05) is 0 Å². The van der Waals surface area contributed by atoms with Crippen LogP contribution in [0.25, 0.3) is 0 Å². The molecule has 0 radical (unpaired) electrons. The molecule has 6 nitrogen and oxygen atoms in total. The van der Waals surface area contributed by atoms with E-state index in [9.17, 15) is 22.0 Å². The van der Waals surface area contributed by atoms with Crippen molar-refractivity contribution in [2.24, 2.45) is 23.2 Å². The van der Waals surface area contributed by atoms with Crippen LogP contribution in [0.2, 0.25) is 0 Å². The summed E-state index contributed by atoms with van der Waals surface area (Å²) in [4.78, 5) is 11.7. The summed E-state index contributed by atoms with van der Waals surface area (Å²) in [6.45, 7) is -2.08. The largest absolute Gasteiger partial charge is 0.463 e. The number of hydrogen-bond donors (Lipinski definition) is 1. The third-order valence-electron chi connectivity index (χ3n) is 5.57. The molecule has 4 bridgehead atoms. The van der Waals surface area contributed by atoms with Crippen LogP contribution in [0.15, 0.2) is 0 Å². The number of ether oxygens (including phenoxy) is 2. The minimum Gasteiger partial charge on any atom is -0.463 e. The smallest absolute Gasteiger partial charge is 0.392 e. The summed E-state index contributed by atoms with van der Waals surface area (Å²) in [5.74, 6) is 1.33. The Morgan fingerprint density at radius 1 is 1.12 bits per heavy atom. The zero-order valence-electron chi connectivity index (χ0n) is 13.2. The molecule has 0 unspecified atom stereocenters. The van der Waals surface area contributed by atoms with Crippen molar-refractivity contribution in [1.82, 2.24) is 0 Å². The third-order valence-corrected chi connectivity index (χ3v) is 6.44. The molecule has 0 aromatic heterocycles. The van der Waals surface area contributed by atoms with Crippen molar-refractivity contribution >= 4 is 16.1 Å². The van der Waals surface area contributed by atoms with Gasteiger partial charge < -0.3 is 9.47 Å². The van der Waals surface area contributed by atoms with Crippen molar-refractivity contribution in [2.45, 2.75) is 43.8 Å². The lowest BCUT2D eigenvalue weighted by Gasteiger charge is -2.56. The zero-order valence-corrected chi connectivity index (χ0v) is 14.1. The Labute approximate surface area is 139 Å². The van der Waals surface area contributed by atoms with Crippen LogP contribution in [-0.2, 0) is 24.4 Å². The van der Waals surface area contributed by atoms with Gasteiger partial charge in [0.1, 0.15) is 13.2 Å². The maximum absolute atomic E-state index is 13.0. The van der Waals surface area contributed by atoms with Crippen LogP contribution >= 0.6 is 0 Å². The molecule has 4 aliphatic carbocycles. The number of alkyl halides is 2. The second-order valence-corrected chi connectivity index (χ2v) is 9.23. The Bertz CT molecular complexity index is 568. The van der Waals surface area contributed by atoms with E-state index >= 15 is 0 Å². The van der Waals surface area contributed by atoms with Gasteiger partial charge in [-0.25, -0.2) is 4.79 Å². The Hall–Kier alpha value is -0.800. The van der Waals surface area contributed by atoms with Crippen molar-refractivity contribution in [3.8, 4) is 0 Å². The molecule has 4 aliphatic rings. The standard InChI is InChI=1S/C15H22F2O6S/c16-15(17,24(19,20)21)9-22-7-13(18)23-8-14-4-10-1-11(5-14)3-12(2-10)6-14/h10-12H,1-9H2,(H,19,20,21). The number of carbonyl (C=O) groups is 1. The van der Waals surface area contributed by atoms with E-state index in [0.29, 0.717) is 17.8 Å². The maximum Gasteiger partial charge on any atom is 0.392 e. The van der Waals surface area contributed by atoms with Crippen molar-refractivity contribution in [1.29, 1.82) is 0 Å². The SMILES string of the molecule is O=C(COCC(F)(F)S(=O)(=O)O)OCC12CC3CC(CC(C3)C1)C2. The lowest BCUT2D eigenvalue weighted by Crippen LogP contribution is -2.48. The summed E-state index contributed by atoms with van der Waals surface area (Å²) in [6, 6.07) is 0. The second-order valence-electron chi connectivity index (χ2n) is 7.68. The van der Waals surface area contributed by atoms with Crippen molar-refractivity contribution in [3.63, 3.8) is 0 Å². The highest BCUT2D eigenvalue weighted by atomic mass is 32.2. The zero-order chi connectivity index (χ0) is 17.6. The molecule has 0 spiro atoms. The van der Waals surface area contributed by atoms with Gasteiger partial charge in [-0.2, -0.15) is 17.2 Å². The molecule has 0 atom stereocenters. The minimum atomic E-state index is -5.55. The summed E-state index contributed by atoms with van der Waals surface area (Å²) in [5.41, 5.74) is 0.0167. The van der Waals surface area contributed by atoms with Gasteiger partial charge >= 0.3 is 21.3 Å². The predicted octanol–water partition coefficient (Wildman–Crippen LogP) is 2.24. The number of rotatable bonds is 7. The molecule has 0 heterocycles. The number of halogens is 2. The second kappa shape index (κ2) is 6.17. The maximum atomic E-state index is 13.0. The molecule has 24 heavy (non-hydrogen) atoms. The first-order valence-corrected chi connectivity index (χ1v) is 9.61. The molecule has 0 aliphatic heterocycles. The average Bonchev–Trinajstić information content (AvgIpc) is 2.42. The van der Waals surface area contributed by atoms with E-state index < -0.39 is 34.6 Å². The molecule has 4 fully saturated rings. The average molecular weight is 368 g/mol. The Balaban J connectivity index is 1.43. The predicted molar refractivity (Wildman–Crippen MR) is 78.9 cm³/mol. The minimum absolute atomic E-state index is 0.0167. The summed E-state index contributed by atoms with van der Waals surface area (Å²) < 4.78 is 64.7. The van der Waals surface area contributed by atoms with E-state index in [1.165, 1.54) is 19.3 Å². The Morgan fingerprint density at radius 2 is 1.62 bits per heavy atom. The molecule has 1 N–H and O–H groups in total. The first kappa shape index (κ1) is 18.0. The van der Waals surface area contributed by atoms with Crippen LogP contribution in [0.1, 0.15) is 38.5 Å². The van der Waals surface area contributed by atoms with E-state index in [2.05, 4.69) is 4.74 Å². The van der Waals surface area contributed by atoms with Crippen LogP contribution in [0.3, 0.4) is 0 Å². The quantitative estimate of drug-likeness (QED) is 0.548. The van der Waals surface area contributed by atoms with E-state index in [0.717, 1.165) is 19.3 Å². The molecular formula is C15H22F2O6S. The fourth-order valence-corrected chi connectivity index (χ4v) is 5.30. The lowest BCUT2D eigenvalue weighted by molar-refractivity contribution is -0.162. The summed E-state index contributed by atoms with van der Waals surface area (Å²) in [7, 11) is -5.55. The van der Waals surface area contributed by atoms with E-state index in [4.69, 9.17) is 9.29 Å². The van der Waals surface area contributed by atoms with Gasteiger partial charge in [-0.15, -0.1) is 0 Å². The van der Waals surface area contributed by atoms with E-state index in [1.54, 1.807) is 0 Å². The topological polar surface area (TPSA) is 89.9 Å². The summed E-state index contributed by atoms with van der Waals surface area (Å²) in [5, 5.41) is -4.44. The van der Waals surface area contributed by atoms with Crippen LogP contribution in [0, 0.1) is 23.2 Å². The first-order chi connectivity index (χ1) is 11.1. The highest BCUT2D eigenvalue weighted by Gasteiger charge is 2.51. The van der Waals surface area contributed by atoms with Crippen molar-refractivity contribution in [3.05, 3.63) is 0 Å². The van der Waals surface area contributed by atoms with Crippen LogP contribution in [-0.4, -0.2) is 44.0 Å². The summed E-state index contributed by atoms with van der Waals surface area (Å²) in [6.07, 6.45) is 6.94.